The molecule has 4 aromatic rings. The van der Waals surface area contributed by atoms with Gasteiger partial charge in [0, 0.05) is 36.3 Å². The van der Waals surface area contributed by atoms with Crippen LogP contribution in [0, 0.1) is 25.7 Å². The van der Waals surface area contributed by atoms with E-state index >= 15 is 0 Å². The summed E-state index contributed by atoms with van der Waals surface area (Å²) in [5.74, 6) is 7.30. The van der Waals surface area contributed by atoms with Gasteiger partial charge in [0.25, 0.3) is 5.56 Å². The van der Waals surface area contributed by atoms with Crippen molar-refractivity contribution in [3.05, 3.63) is 51.2 Å². The molecule has 4 aromatic heterocycles. The summed E-state index contributed by atoms with van der Waals surface area (Å²) in [6, 6.07) is 1.63. The van der Waals surface area contributed by atoms with Gasteiger partial charge in [-0.2, -0.15) is 0 Å². The predicted molar refractivity (Wildman–Crippen MR) is 113 cm³/mol. The summed E-state index contributed by atoms with van der Waals surface area (Å²) in [5, 5.41) is 23.5. The van der Waals surface area contributed by atoms with Gasteiger partial charge in [-0.25, -0.2) is 0 Å². The van der Waals surface area contributed by atoms with E-state index in [1.165, 1.54) is 11.5 Å². The van der Waals surface area contributed by atoms with Gasteiger partial charge < -0.3 is 23.6 Å². The number of rotatable bonds is 3. The maximum Gasteiger partial charge on any atom is 0.274 e. The second-order valence-corrected chi connectivity index (χ2v) is 8.08. The van der Waals surface area contributed by atoms with E-state index in [2.05, 4.69) is 32.2 Å². The number of hydrogen-bond acceptors (Lipinski definition) is 7. The minimum absolute atomic E-state index is 0.0694. The van der Waals surface area contributed by atoms with Crippen molar-refractivity contribution in [2.75, 3.05) is 0 Å². The molecule has 0 spiro atoms. The molecule has 9 nitrogen and oxygen atoms in total. The van der Waals surface area contributed by atoms with Crippen LogP contribution in [0.1, 0.15) is 55.3 Å². The first kappa shape index (κ1) is 20.6. The molecule has 31 heavy (non-hydrogen) atoms. The monoisotopic (exact) mass is 421 g/mol. The van der Waals surface area contributed by atoms with E-state index in [9.17, 15) is 9.90 Å². The van der Waals surface area contributed by atoms with Crippen LogP contribution in [0.4, 0.5) is 0 Å². The van der Waals surface area contributed by atoms with Crippen molar-refractivity contribution in [1.82, 2.24) is 24.9 Å². The molecule has 4 rings (SSSR count). The molecule has 0 saturated heterocycles. The van der Waals surface area contributed by atoms with Crippen LogP contribution < -0.4 is 5.56 Å². The van der Waals surface area contributed by atoms with E-state index in [1.54, 1.807) is 26.2 Å². The first-order valence-corrected chi connectivity index (χ1v) is 9.83. The number of aromatic nitrogens is 5. The van der Waals surface area contributed by atoms with Crippen LogP contribution in [0.5, 0.6) is 0 Å². The topological polar surface area (TPSA) is 123 Å². The Morgan fingerprint density at radius 3 is 2.65 bits per heavy atom. The van der Waals surface area contributed by atoms with Gasteiger partial charge >= 0.3 is 0 Å². The minimum Gasteiger partial charge on any atom is -0.420 e. The van der Waals surface area contributed by atoms with Gasteiger partial charge in [-0.15, -0.1) is 10.2 Å². The Bertz CT molecular complexity index is 1410. The van der Waals surface area contributed by atoms with Gasteiger partial charge in [0.15, 0.2) is 5.60 Å². The number of hydrogen-bond donors (Lipinski definition) is 2. The van der Waals surface area contributed by atoms with Crippen molar-refractivity contribution >= 4 is 10.9 Å². The maximum atomic E-state index is 12.8. The van der Waals surface area contributed by atoms with Crippen molar-refractivity contribution < 1.29 is 14.0 Å². The highest BCUT2D eigenvalue weighted by Gasteiger charge is 2.26. The average molecular weight is 421 g/mol. The molecule has 0 aromatic carbocycles. The van der Waals surface area contributed by atoms with Gasteiger partial charge in [0.1, 0.15) is 17.0 Å². The number of aliphatic hydroxyl groups is 1. The van der Waals surface area contributed by atoms with E-state index in [0.717, 1.165) is 0 Å². The number of nitrogens with zero attached hydrogens (tertiary/aromatic N) is 4. The second kappa shape index (κ2) is 7.25. The Balaban J connectivity index is 1.94. The minimum atomic E-state index is -1.54. The summed E-state index contributed by atoms with van der Waals surface area (Å²) < 4.78 is 12.3. The highest BCUT2D eigenvalue weighted by Crippen LogP contribution is 2.33. The first-order valence-electron chi connectivity index (χ1n) is 9.83. The van der Waals surface area contributed by atoms with E-state index in [4.69, 9.17) is 8.94 Å². The predicted octanol–water partition coefficient (Wildman–Crippen LogP) is 2.90. The lowest BCUT2D eigenvalue weighted by atomic mass is 10.0. The molecule has 0 bridgehead atoms. The smallest absolute Gasteiger partial charge is 0.274 e. The van der Waals surface area contributed by atoms with Crippen LogP contribution in [0.25, 0.3) is 22.4 Å². The third-order valence-electron chi connectivity index (χ3n) is 5.03. The number of pyridine rings is 1. The van der Waals surface area contributed by atoms with E-state index in [0.29, 0.717) is 51.0 Å². The zero-order valence-corrected chi connectivity index (χ0v) is 18.2. The summed E-state index contributed by atoms with van der Waals surface area (Å²) in [4.78, 5) is 15.9. The number of aromatic amines is 1. The van der Waals surface area contributed by atoms with Crippen molar-refractivity contribution in [2.45, 2.75) is 46.1 Å². The summed E-state index contributed by atoms with van der Waals surface area (Å²) >= 11 is 0. The Hall–Kier alpha value is -3.64. The molecule has 160 valence electrons. The summed E-state index contributed by atoms with van der Waals surface area (Å²) in [6.45, 7) is 9.02. The molecule has 9 heteroatoms. The summed E-state index contributed by atoms with van der Waals surface area (Å²) in [6.07, 6.45) is 1.62. The fraction of sp³-hybridized carbons (Fsp3) is 0.364. The molecular formula is C22H23N5O4. The molecular weight excluding hydrogens is 398 g/mol. The van der Waals surface area contributed by atoms with Crippen LogP contribution in [-0.4, -0.2) is 30.0 Å². The van der Waals surface area contributed by atoms with Crippen molar-refractivity contribution in [3.63, 3.8) is 0 Å². The van der Waals surface area contributed by atoms with Gasteiger partial charge in [-0.3, -0.25) is 4.79 Å². The fourth-order valence-corrected chi connectivity index (χ4v) is 3.33. The number of nitrogens with one attached hydrogen (secondary N) is 1. The Kier molecular flexibility index (Phi) is 4.82. The SMILES string of the molecule is Cc1cc(C(C)(O)C#Cc2cn(C)c(=O)c3[nH]c(C)c(-c4nnc(C(C)C)o4)c23)no1. The highest BCUT2D eigenvalue weighted by atomic mass is 16.5. The van der Waals surface area contributed by atoms with Gasteiger partial charge in [0.2, 0.25) is 11.8 Å². The van der Waals surface area contributed by atoms with Crippen LogP contribution in [0.15, 0.2) is 26.0 Å². The number of aryl methyl sites for hydroxylation is 3. The Morgan fingerprint density at radius 1 is 1.29 bits per heavy atom. The fourth-order valence-electron chi connectivity index (χ4n) is 3.33. The van der Waals surface area contributed by atoms with Crippen LogP contribution >= 0.6 is 0 Å². The third kappa shape index (κ3) is 3.55. The van der Waals surface area contributed by atoms with Crippen LogP contribution in [-0.2, 0) is 12.6 Å². The van der Waals surface area contributed by atoms with Crippen LogP contribution in [0.3, 0.4) is 0 Å². The quantitative estimate of drug-likeness (QED) is 0.488. The van der Waals surface area contributed by atoms with Gasteiger partial charge in [0.05, 0.1) is 11.1 Å². The number of H-pyrrole nitrogens is 1. The molecule has 0 aliphatic heterocycles. The standard InChI is InChI=1S/C22H23N5O4/c1-11(2)19-24-25-20(30-19)16-13(4)23-18-17(16)14(10-27(6)21(18)28)7-8-22(5,29)15-9-12(3)31-26-15/h9-11,23,29H,1-6H3. The lowest BCUT2D eigenvalue weighted by Crippen LogP contribution is -2.19. The van der Waals surface area contributed by atoms with Gasteiger partial charge in [-0.05, 0) is 20.8 Å². The molecule has 2 N–H and O–H groups in total. The lowest BCUT2D eigenvalue weighted by molar-refractivity contribution is 0.112. The van der Waals surface area contributed by atoms with Gasteiger partial charge in [-0.1, -0.05) is 30.8 Å². The zero-order valence-electron chi connectivity index (χ0n) is 18.2. The molecule has 0 radical (unpaired) electrons. The Morgan fingerprint density at radius 2 is 2.03 bits per heavy atom. The molecule has 0 amide bonds. The molecule has 1 atom stereocenters. The normalized spacial score (nSPS) is 13.4. The molecule has 0 fully saturated rings. The van der Waals surface area contributed by atoms with E-state index in [1.807, 2.05) is 20.8 Å². The summed E-state index contributed by atoms with van der Waals surface area (Å²) in [7, 11) is 1.64. The first-order chi connectivity index (χ1) is 14.6. The van der Waals surface area contributed by atoms with E-state index < -0.39 is 5.60 Å². The zero-order chi connectivity index (χ0) is 22.5. The Labute approximate surface area is 178 Å². The maximum absolute atomic E-state index is 12.8. The van der Waals surface area contributed by atoms with E-state index in [-0.39, 0.29) is 11.5 Å². The third-order valence-corrected chi connectivity index (χ3v) is 5.03. The molecule has 0 saturated carbocycles. The van der Waals surface area contributed by atoms with Crippen molar-refractivity contribution in [1.29, 1.82) is 0 Å². The molecule has 0 aliphatic carbocycles. The highest BCUT2D eigenvalue weighted by molar-refractivity contribution is 5.99. The van der Waals surface area contributed by atoms with Crippen LogP contribution in [0.2, 0.25) is 0 Å². The molecule has 4 heterocycles. The number of fused-ring (bicyclic) bond motifs is 1. The van der Waals surface area contributed by atoms with Crippen molar-refractivity contribution in [3.8, 4) is 23.3 Å². The average Bonchev–Trinajstić information content (AvgIpc) is 3.42. The summed E-state index contributed by atoms with van der Waals surface area (Å²) in [5.41, 5.74) is 0.788. The molecule has 1 unspecified atom stereocenters. The molecule has 0 aliphatic rings. The lowest BCUT2D eigenvalue weighted by Gasteiger charge is -2.11. The van der Waals surface area contributed by atoms with Crippen molar-refractivity contribution in [2.24, 2.45) is 7.05 Å². The largest absolute Gasteiger partial charge is 0.420 e. The second-order valence-electron chi connectivity index (χ2n) is 8.08.